The Hall–Kier alpha value is -0.0800. The van der Waals surface area contributed by atoms with E-state index in [1.807, 2.05) is 0 Å². The van der Waals surface area contributed by atoms with E-state index in [0.29, 0.717) is 0 Å². The first kappa shape index (κ1) is 14.0. The zero-order valence-corrected chi connectivity index (χ0v) is 11.3. The third kappa shape index (κ3) is 5.86. The smallest absolute Gasteiger partial charge is 0.0107 e. The number of rotatable bonds is 8. The Bertz CT molecular complexity index is 146. The fourth-order valence-electron chi connectivity index (χ4n) is 2.68. The molecular weight excluding hydrogens is 196 g/mol. The van der Waals surface area contributed by atoms with Crippen molar-refractivity contribution in [1.29, 1.82) is 0 Å². The van der Waals surface area contributed by atoms with Crippen molar-refractivity contribution in [2.24, 2.45) is 5.92 Å². The third-order valence-electron chi connectivity index (χ3n) is 3.75. The van der Waals surface area contributed by atoms with Crippen LogP contribution in [0.15, 0.2) is 0 Å². The molecule has 1 aliphatic carbocycles. The topological polar surface area (TPSA) is 15.3 Å². The Morgan fingerprint density at radius 2 is 1.81 bits per heavy atom. The zero-order valence-electron chi connectivity index (χ0n) is 11.3. The van der Waals surface area contributed by atoms with Crippen LogP contribution in [0.1, 0.15) is 52.4 Å². The fourth-order valence-corrected chi connectivity index (χ4v) is 2.68. The molecular formula is C14H30N2. The highest BCUT2D eigenvalue weighted by Gasteiger charge is 2.12. The normalized spacial score (nSPS) is 18.2. The van der Waals surface area contributed by atoms with Crippen LogP contribution in [-0.4, -0.2) is 37.6 Å². The molecule has 2 nitrogen and oxygen atoms in total. The van der Waals surface area contributed by atoms with Crippen LogP contribution in [-0.2, 0) is 0 Å². The molecule has 0 aliphatic heterocycles. The van der Waals surface area contributed by atoms with E-state index in [1.54, 1.807) is 0 Å². The van der Waals surface area contributed by atoms with Gasteiger partial charge in [0.2, 0.25) is 0 Å². The molecule has 1 fully saturated rings. The number of nitrogens with zero attached hydrogens (tertiary/aromatic N) is 1. The van der Waals surface area contributed by atoms with Crippen molar-refractivity contribution in [2.45, 2.75) is 52.4 Å². The molecule has 96 valence electrons. The van der Waals surface area contributed by atoms with E-state index in [1.165, 1.54) is 71.2 Å². The van der Waals surface area contributed by atoms with Crippen molar-refractivity contribution in [2.75, 3.05) is 32.7 Å². The van der Waals surface area contributed by atoms with Crippen LogP contribution in [0.3, 0.4) is 0 Å². The monoisotopic (exact) mass is 226 g/mol. The molecule has 0 heterocycles. The van der Waals surface area contributed by atoms with E-state index >= 15 is 0 Å². The van der Waals surface area contributed by atoms with Crippen molar-refractivity contribution in [3.63, 3.8) is 0 Å². The summed E-state index contributed by atoms with van der Waals surface area (Å²) in [5, 5.41) is 3.64. The second-order valence-corrected chi connectivity index (χ2v) is 5.14. The highest BCUT2D eigenvalue weighted by atomic mass is 15.1. The predicted octanol–water partition coefficient (Wildman–Crippen LogP) is 2.89. The SMILES string of the molecule is CCCN(CC)CCNCC1CCCCC1. The Labute approximate surface area is 102 Å². The second-order valence-electron chi connectivity index (χ2n) is 5.14. The molecule has 0 amide bonds. The molecule has 0 atom stereocenters. The Morgan fingerprint density at radius 1 is 1.06 bits per heavy atom. The Morgan fingerprint density at radius 3 is 2.44 bits per heavy atom. The van der Waals surface area contributed by atoms with Crippen molar-refractivity contribution < 1.29 is 0 Å². The summed E-state index contributed by atoms with van der Waals surface area (Å²) >= 11 is 0. The maximum Gasteiger partial charge on any atom is 0.0107 e. The molecule has 1 aliphatic rings. The summed E-state index contributed by atoms with van der Waals surface area (Å²) in [5.41, 5.74) is 0. The van der Waals surface area contributed by atoms with Gasteiger partial charge in [-0.1, -0.05) is 33.1 Å². The fraction of sp³-hybridized carbons (Fsp3) is 1.00. The average molecular weight is 226 g/mol. The lowest BCUT2D eigenvalue weighted by Crippen LogP contribution is -2.34. The van der Waals surface area contributed by atoms with Crippen molar-refractivity contribution >= 4 is 0 Å². The lowest BCUT2D eigenvalue weighted by atomic mass is 9.89. The lowest BCUT2D eigenvalue weighted by molar-refractivity contribution is 0.278. The van der Waals surface area contributed by atoms with Gasteiger partial charge in [0.1, 0.15) is 0 Å². The van der Waals surface area contributed by atoms with E-state index in [9.17, 15) is 0 Å². The predicted molar refractivity (Wildman–Crippen MR) is 71.8 cm³/mol. The van der Waals surface area contributed by atoms with Crippen LogP contribution < -0.4 is 5.32 Å². The summed E-state index contributed by atoms with van der Waals surface area (Å²) in [7, 11) is 0. The van der Waals surface area contributed by atoms with Crippen LogP contribution in [0.2, 0.25) is 0 Å². The van der Waals surface area contributed by atoms with Crippen molar-refractivity contribution in [1.82, 2.24) is 10.2 Å². The molecule has 0 aromatic carbocycles. The summed E-state index contributed by atoms with van der Waals surface area (Å²) < 4.78 is 0. The third-order valence-corrected chi connectivity index (χ3v) is 3.75. The highest BCUT2D eigenvalue weighted by Crippen LogP contribution is 2.22. The summed E-state index contributed by atoms with van der Waals surface area (Å²) in [6.45, 7) is 10.6. The quantitative estimate of drug-likeness (QED) is 0.640. The molecule has 0 saturated heterocycles. The number of hydrogen-bond acceptors (Lipinski definition) is 2. The minimum atomic E-state index is 0.968. The zero-order chi connectivity index (χ0) is 11.6. The molecule has 0 aromatic heterocycles. The maximum absolute atomic E-state index is 3.64. The van der Waals surface area contributed by atoms with E-state index in [2.05, 4.69) is 24.1 Å². The maximum atomic E-state index is 3.64. The molecule has 2 heteroatoms. The van der Waals surface area contributed by atoms with Crippen molar-refractivity contribution in [3.05, 3.63) is 0 Å². The molecule has 1 N–H and O–H groups in total. The van der Waals surface area contributed by atoms with Gasteiger partial charge >= 0.3 is 0 Å². The second kappa shape index (κ2) is 9.00. The van der Waals surface area contributed by atoms with Crippen molar-refractivity contribution in [3.8, 4) is 0 Å². The van der Waals surface area contributed by atoms with Crippen LogP contribution in [0.4, 0.5) is 0 Å². The van der Waals surface area contributed by atoms with Gasteiger partial charge < -0.3 is 10.2 Å². The first-order valence-corrected chi connectivity index (χ1v) is 7.29. The van der Waals surface area contributed by atoms with Gasteiger partial charge in [-0.25, -0.2) is 0 Å². The van der Waals surface area contributed by atoms with E-state index in [-0.39, 0.29) is 0 Å². The van der Waals surface area contributed by atoms with Gasteiger partial charge in [0.15, 0.2) is 0 Å². The molecule has 16 heavy (non-hydrogen) atoms. The van der Waals surface area contributed by atoms with E-state index in [4.69, 9.17) is 0 Å². The molecule has 1 saturated carbocycles. The van der Waals surface area contributed by atoms with Gasteiger partial charge in [-0.2, -0.15) is 0 Å². The minimum absolute atomic E-state index is 0.968. The van der Waals surface area contributed by atoms with Gasteiger partial charge in [-0.05, 0) is 44.8 Å². The molecule has 0 aromatic rings. The molecule has 1 rings (SSSR count). The van der Waals surface area contributed by atoms with Gasteiger partial charge in [-0.3, -0.25) is 0 Å². The molecule has 0 unspecified atom stereocenters. The summed E-state index contributed by atoms with van der Waals surface area (Å²) in [5.74, 6) is 0.968. The highest BCUT2D eigenvalue weighted by molar-refractivity contribution is 4.68. The Balaban J connectivity index is 1.97. The lowest BCUT2D eigenvalue weighted by Gasteiger charge is -2.23. The molecule has 0 bridgehead atoms. The minimum Gasteiger partial charge on any atom is -0.315 e. The van der Waals surface area contributed by atoms with E-state index < -0.39 is 0 Å². The largest absolute Gasteiger partial charge is 0.315 e. The number of nitrogens with one attached hydrogen (secondary N) is 1. The van der Waals surface area contributed by atoms with Gasteiger partial charge in [0.25, 0.3) is 0 Å². The Kier molecular flexibility index (Phi) is 7.87. The molecule has 0 spiro atoms. The first-order valence-electron chi connectivity index (χ1n) is 7.29. The van der Waals surface area contributed by atoms with Crippen LogP contribution in [0, 0.1) is 5.92 Å². The number of hydrogen-bond donors (Lipinski definition) is 1. The van der Waals surface area contributed by atoms with Gasteiger partial charge in [-0.15, -0.1) is 0 Å². The first-order chi connectivity index (χ1) is 7.86. The summed E-state index contributed by atoms with van der Waals surface area (Å²) in [4.78, 5) is 2.54. The standard InChI is InChI=1S/C14H30N2/c1-3-11-16(4-2)12-10-15-13-14-8-6-5-7-9-14/h14-15H,3-13H2,1-2H3. The molecule has 0 radical (unpaired) electrons. The summed E-state index contributed by atoms with van der Waals surface area (Å²) in [6.07, 6.45) is 8.58. The summed E-state index contributed by atoms with van der Waals surface area (Å²) in [6, 6.07) is 0. The number of likely N-dealkylation sites (N-methyl/N-ethyl adjacent to an activating group) is 1. The van der Waals surface area contributed by atoms with Crippen LogP contribution in [0.5, 0.6) is 0 Å². The van der Waals surface area contributed by atoms with E-state index in [0.717, 1.165) is 5.92 Å². The average Bonchev–Trinajstić information content (AvgIpc) is 2.34. The van der Waals surface area contributed by atoms with Crippen LogP contribution in [0.25, 0.3) is 0 Å². The van der Waals surface area contributed by atoms with Gasteiger partial charge in [0.05, 0.1) is 0 Å². The van der Waals surface area contributed by atoms with Crippen LogP contribution >= 0.6 is 0 Å². The van der Waals surface area contributed by atoms with Gasteiger partial charge in [0, 0.05) is 13.1 Å².